The van der Waals surface area contributed by atoms with Crippen LogP contribution in [0.15, 0.2) is 224 Å². The van der Waals surface area contributed by atoms with Gasteiger partial charge in [0.15, 0.2) is 0 Å². The first-order valence-electron chi connectivity index (χ1n) is 31.0. The van der Waals surface area contributed by atoms with Gasteiger partial charge in [0.1, 0.15) is 0 Å². The zero-order chi connectivity index (χ0) is 60.4. The normalized spacial score (nSPS) is 12.8. The molecule has 1 heterocycles. The summed E-state index contributed by atoms with van der Waals surface area (Å²) in [4.78, 5) is 2.48. The standard InChI is InChI=1S/C84H82N2/c1-80(2,3)63-32-42-76-72(51-63)73-52-64(81(4,5)6)33-43-77(73)86(76)75-41-31-57-28-38-70-74(40-30-56-29-39-71(75)79(57)78(56)70)85(69-36-26-55(27-37-69)61-45-60(53-20-17-16-18-21-53)46-65(47-61)82(7,8)9)68-34-24-54(25-35-68)58-22-19-23-59(44-58)62-48-66(83(10,11)12)50-67(49-62)84(13,14)15/h16-52H,1-15H3. The van der Waals surface area contributed by atoms with Crippen LogP contribution in [-0.4, -0.2) is 4.57 Å². The van der Waals surface area contributed by atoms with Crippen LogP contribution in [0, 0.1) is 0 Å². The molecule has 0 radical (unpaired) electrons. The van der Waals surface area contributed by atoms with Gasteiger partial charge < -0.3 is 9.47 Å². The Morgan fingerprint density at radius 2 is 0.640 bits per heavy atom. The van der Waals surface area contributed by atoms with Crippen LogP contribution in [0.25, 0.3) is 104 Å². The molecule has 2 heteroatoms. The van der Waals surface area contributed by atoms with Crippen molar-refractivity contribution in [2.45, 2.75) is 131 Å². The fourth-order valence-electron chi connectivity index (χ4n) is 13.0. The quantitative estimate of drug-likeness (QED) is 0.138. The van der Waals surface area contributed by atoms with Crippen molar-refractivity contribution in [2.75, 3.05) is 4.90 Å². The van der Waals surface area contributed by atoms with Crippen LogP contribution in [0.4, 0.5) is 17.1 Å². The van der Waals surface area contributed by atoms with Crippen molar-refractivity contribution in [3.63, 3.8) is 0 Å². The van der Waals surface area contributed by atoms with Crippen LogP contribution in [0.5, 0.6) is 0 Å². The molecule has 0 aliphatic carbocycles. The van der Waals surface area contributed by atoms with Crippen LogP contribution in [0.1, 0.15) is 132 Å². The van der Waals surface area contributed by atoms with Crippen molar-refractivity contribution in [3.8, 4) is 50.2 Å². The van der Waals surface area contributed by atoms with E-state index >= 15 is 0 Å². The van der Waals surface area contributed by atoms with E-state index in [1.807, 2.05) is 0 Å². The Hall–Kier alpha value is -8.72. The fourth-order valence-corrected chi connectivity index (χ4v) is 13.0. The number of fused-ring (bicyclic) bond motifs is 3. The molecule has 0 aliphatic rings. The SMILES string of the molecule is CC(C)(C)c1cc(-c2ccccc2)cc(-c2ccc(N(c3ccc(-c4cccc(-c5cc(C(C)(C)C)cc(C(C)(C)C)c5)c4)cc3)c3ccc4ccc5c(-n6c7ccc(C(C)(C)C)cc7c7cc(C(C)(C)C)ccc76)ccc6ccc3c4c65)cc2)c1. The molecule has 0 N–H and O–H groups in total. The Kier molecular flexibility index (Phi) is 13.4. The van der Waals surface area contributed by atoms with Crippen molar-refractivity contribution >= 4 is 71.2 Å². The molecule has 12 aromatic carbocycles. The van der Waals surface area contributed by atoms with Crippen LogP contribution < -0.4 is 4.90 Å². The van der Waals surface area contributed by atoms with Gasteiger partial charge in [-0.2, -0.15) is 0 Å². The molecule has 0 bridgehead atoms. The maximum absolute atomic E-state index is 2.54. The van der Waals surface area contributed by atoms with Gasteiger partial charge in [0.25, 0.3) is 0 Å². The lowest BCUT2D eigenvalue weighted by molar-refractivity contribution is 0.569. The molecule has 0 saturated heterocycles. The van der Waals surface area contributed by atoms with Crippen LogP contribution in [0.2, 0.25) is 0 Å². The van der Waals surface area contributed by atoms with E-state index in [-0.39, 0.29) is 27.1 Å². The summed E-state index contributed by atoms with van der Waals surface area (Å²) in [6.45, 7) is 34.7. The van der Waals surface area contributed by atoms with Gasteiger partial charge in [0.2, 0.25) is 0 Å². The minimum atomic E-state index is -0.0254. The molecule has 428 valence electrons. The van der Waals surface area contributed by atoms with E-state index in [0.717, 1.165) is 17.1 Å². The smallest absolute Gasteiger partial charge is 0.0541 e. The number of benzene rings is 12. The average Bonchev–Trinajstić information content (AvgIpc) is 1.31. The summed E-state index contributed by atoms with van der Waals surface area (Å²) in [6, 6.07) is 85.9. The lowest BCUT2D eigenvalue weighted by Gasteiger charge is -2.28. The van der Waals surface area contributed by atoms with Crippen molar-refractivity contribution in [3.05, 3.63) is 252 Å². The molecule has 2 nitrogen and oxygen atoms in total. The highest BCUT2D eigenvalue weighted by Crippen LogP contribution is 2.48. The van der Waals surface area contributed by atoms with Gasteiger partial charge in [-0.3, -0.25) is 0 Å². The molecule has 86 heavy (non-hydrogen) atoms. The summed E-state index contributed by atoms with van der Waals surface area (Å²) < 4.78 is 2.54. The fraction of sp³-hybridized carbons (Fsp3) is 0.238. The lowest BCUT2D eigenvalue weighted by atomic mass is 9.79. The molecule has 0 unspecified atom stereocenters. The number of hydrogen-bond donors (Lipinski definition) is 0. The molecule has 0 aliphatic heterocycles. The Bertz CT molecular complexity index is 4620. The van der Waals surface area contributed by atoms with Crippen LogP contribution in [0.3, 0.4) is 0 Å². The zero-order valence-electron chi connectivity index (χ0n) is 53.3. The van der Waals surface area contributed by atoms with Crippen molar-refractivity contribution in [2.24, 2.45) is 0 Å². The Morgan fingerprint density at radius 3 is 1.14 bits per heavy atom. The summed E-state index contributed by atoms with van der Waals surface area (Å²) >= 11 is 0. The van der Waals surface area contributed by atoms with Crippen molar-refractivity contribution < 1.29 is 0 Å². The number of rotatable bonds is 8. The Balaban J connectivity index is 0.977. The van der Waals surface area contributed by atoms with Crippen LogP contribution >= 0.6 is 0 Å². The number of aromatic nitrogens is 1. The molecule has 0 saturated carbocycles. The predicted molar refractivity (Wildman–Crippen MR) is 374 cm³/mol. The van der Waals surface area contributed by atoms with Crippen molar-refractivity contribution in [1.82, 2.24) is 4.57 Å². The molecule has 0 fully saturated rings. The zero-order valence-corrected chi connectivity index (χ0v) is 53.3. The Morgan fingerprint density at radius 1 is 0.256 bits per heavy atom. The molecule has 1 aromatic heterocycles. The third-order valence-corrected chi connectivity index (χ3v) is 18.3. The monoisotopic (exact) mass is 1120 g/mol. The third kappa shape index (κ3) is 10.3. The first-order valence-corrected chi connectivity index (χ1v) is 31.0. The van der Waals surface area contributed by atoms with Gasteiger partial charge in [-0.1, -0.05) is 256 Å². The topological polar surface area (TPSA) is 8.17 Å². The van der Waals surface area contributed by atoms with E-state index in [0.29, 0.717) is 0 Å². The summed E-state index contributed by atoms with van der Waals surface area (Å²) in [5, 5.41) is 10.1. The first kappa shape index (κ1) is 56.4. The largest absolute Gasteiger partial charge is 0.310 e. The maximum atomic E-state index is 2.54. The minimum absolute atomic E-state index is 0.0139. The van der Waals surface area contributed by atoms with Gasteiger partial charge in [-0.25, -0.2) is 0 Å². The highest BCUT2D eigenvalue weighted by Gasteiger charge is 2.26. The van der Waals surface area contributed by atoms with Gasteiger partial charge in [-0.05, 0) is 194 Å². The maximum Gasteiger partial charge on any atom is 0.0541 e. The molecule has 0 spiro atoms. The van der Waals surface area contributed by atoms with E-state index in [4.69, 9.17) is 0 Å². The molecule has 13 aromatic rings. The molecular formula is C84H82N2. The highest BCUT2D eigenvalue weighted by atomic mass is 15.1. The third-order valence-electron chi connectivity index (χ3n) is 18.3. The summed E-state index contributed by atoms with van der Waals surface area (Å²) in [5.41, 5.74) is 23.5. The predicted octanol–water partition coefficient (Wildman–Crippen LogP) is 24.3. The number of nitrogens with zero attached hydrogens (tertiary/aromatic N) is 2. The summed E-state index contributed by atoms with van der Waals surface area (Å²) in [5.74, 6) is 0. The van der Waals surface area contributed by atoms with E-state index < -0.39 is 0 Å². The molecule has 0 amide bonds. The van der Waals surface area contributed by atoms with E-state index in [9.17, 15) is 0 Å². The second-order valence-corrected chi connectivity index (χ2v) is 29.6. The molecule has 0 atom stereocenters. The van der Waals surface area contributed by atoms with Crippen LogP contribution in [-0.2, 0) is 27.1 Å². The van der Waals surface area contributed by atoms with Gasteiger partial charge in [-0.15, -0.1) is 0 Å². The van der Waals surface area contributed by atoms with Gasteiger partial charge >= 0.3 is 0 Å². The van der Waals surface area contributed by atoms with Gasteiger partial charge in [0.05, 0.1) is 22.4 Å². The Labute approximate surface area is 511 Å². The second-order valence-electron chi connectivity index (χ2n) is 29.6. The number of hydrogen-bond acceptors (Lipinski definition) is 1. The first-order chi connectivity index (χ1) is 40.8. The number of anilines is 3. The molecular weight excluding hydrogens is 1040 g/mol. The minimum Gasteiger partial charge on any atom is -0.310 e. The van der Waals surface area contributed by atoms with E-state index in [2.05, 4.69) is 338 Å². The lowest BCUT2D eigenvalue weighted by Crippen LogP contribution is -2.16. The molecule has 13 rings (SSSR count). The summed E-state index contributed by atoms with van der Waals surface area (Å²) in [6.07, 6.45) is 0. The van der Waals surface area contributed by atoms with E-state index in [1.165, 1.54) is 132 Å². The average molecular weight is 1120 g/mol. The van der Waals surface area contributed by atoms with E-state index in [1.54, 1.807) is 0 Å². The van der Waals surface area contributed by atoms with Crippen molar-refractivity contribution in [1.29, 1.82) is 0 Å². The second kappa shape index (κ2) is 20.5. The van der Waals surface area contributed by atoms with Gasteiger partial charge in [0, 0.05) is 32.9 Å². The highest BCUT2D eigenvalue weighted by molar-refractivity contribution is 6.27. The summed E-state index contributed by atoms with van der Waals surface area (Å²) in [7, 11) is 0.